The fraction of sp³-hybridized carbons (Fsp3) is 0.750. The van der Waals surface area contributed by atoms with Crippen molar-refractivity contribution in [3.05, 3.63) is 11.9 Å². The van der Waals surface area contributed by atoms with Crippen LogP contribution in [0.4, 0.5) is 11.6 Å². The zero-order chi connectivity index (χ0) is 14.6. The molecule has 0 aromatic carbocycles. The number of hydrogen-bond acceptors (Lipinski definition) is 4. The van der Waals surface area contributed by atoms with Crippen molar-refractivity contribution in [1.29, 1.82) is 0 Å². The lowest BCUT2D eigenvalue weighted by Crippen LogP contribution is -2.38. The Morgan fingerprint density at radius 1 is 1.20 bits per heavy atom. The quantitative estimate of drug-likeness (QED) is 0.894. The molecule has 1 fully saturated rings. The molecular weight excluding hydrogens is 248 g/mol. The number of aromatic nitrogens is 2. The SMILES string of the molecule is CCCc1c(NCC)ncnc1N1CCC(C)(C)CC1. The Morgan fingerprint density at radius 3 is 2.50 bits per heavy atom. The van der Waals surface area contributed by atoms with E-state index in [4.69, 9.17) is 0 Å². The summed E-state index contributed by atoms with van der Waals surface area (Å²) in [5.74, 6) is 2.16. The van der Waals surface area contributed by atoms with Crippen LogP contribution < -0.4 is 10.2 Å². The standard InChI is InChI=1S/C16H28N4/c1-5-7-13-14(17-6-2)18-12-19-15(13)20-10-8-16(3,4)9-11-20/h12H,5-11H2,1-4H3,(H,17,18,19). The number of piperidine rings is 1. The molecule has 0 spiro atoms. The van der Waals surface area contributed by atoms with Crippen molar-refractivity contribution in [2.75, 3.05) is 29.9 Å². The second-order valence-electron chi connectivity index (χ2n) is 6.46. The monoisotopic (exact) mass is 276 g/mol. The number of rotatable bonds is 5. The highest BCUT2D eigenvalue weighted by Gasteiger charge is 2.27. The minimum Gasteiger partial charge on any atom is -0.370 e. The zero-order valence-corrected chi connectivity index (χ0v) is 13.4. The average Bonchev–Trinajstić information content (AvgIpc) is 2.41. The third kappa shape index (κ3) is 3.41. The predicted octanol–water partition coefficient (Wildman–Crippen LogP) is 3.49. The fourth-order valence-corrected chi connectivity index (χ4v) is 2.80. The van der Waals surface area contributed by atoms with Crippen LogP contribution >= 0.6 is 0 Å². The predicted molar refractivity (Wildman–Crippen MR) is 85.4 cm³/mol. The van der Waals surface area contributed by atoms with Gasteiger partial charge in [-0.05, 0) is 31.6 Å². The summed E-state index contributed by atoms with van der Waals surface area (Å²) < 4.78 is 0. The molecule has 0 saturated carbocycles. The lowest BCUT2D eigenvalue weighted by molar-refractivity contribution is 0.279. The molecule has 2 rings (SSSR count). The van der Waals surface area contributed by atoms with Crippen LogP contribution in [-0.2, 0) is 6.42 Å². The van der Waals surface area contributed by atoms with Crippen molar-refractivity contribution in [1.82, 2.24) is 9.97 Å². The van der Waals surface area contributed by atoms with Crippen LogP contribution in [0.2, 0.25) is 0 Å². The minimum atomic E-state index is 0.471. The van der Waals surface area contributed by atoms with Gasteiger partial charge in [0.25, 0.3) is 0 Å². The average molecular weight is 276 g/mol. The third-order valence-corrected chi connectivity index (χ3v) is 4.18. The van der Waals surface area contributed by atoms with E-state index in [1.165, 1.54) is 18.4 Å². The first-order valence-electron chi connectivity index (χ1n) is 7.90. The molecule has 2 heterocycles. The summed E-state index contributed by atoms with van der Waals surface area (Å²) in [6.07, 6.45) is 6.33. The smallest absolute Gasteiger partial charge is 0.137 e. The van der Waals surface area contributed by atoms with Gasteiger partial charge >= 0.3 is 0 Å². The van der Waals surface area contributed by atoms with E-state index in [0.717, 1.165) is 44.1 Å². The van der Waals surface area contributed by atoms with E-state index >= 15 is 0 Å². The molecule has 1 N–H and O–H groups in total. The van der Waals surface area contributed by atoms with Gasteiger partial charge in [0.1, 0.15) is 18.0 Å². The van der Waals surface area contributed by atoms with E-state index in [0.29, 0.717) is 5.41 Å². The molecule has 0 bridgehead atoms. The van der Waals surface area contributed by atoms with Crippen LogP contribution in [0, 0.1) is 5.41 Å². The maximum absolute atomic E-state index is 4.59. The first-order valence-corrected chi connectivity index (χ1v) is 7.90. The molecular formula is C16H28N4. The molecule has 0 radical (unpaired) electrons. The van der Waals surface area contributed by atoms with Gasteiger partial charge in [-0.3, -0.25) is 0 Å². The summed E-state index contributed by atoms with van der Waals surface area (Å²) in [7, 11) is 0. The number of nitrogens with one attached hydrogen (secondary N) is 1. The Labute approximate surface area is 123 Å². The molecule has 112 valence electrons. The van der Waals surface area contributed by atoms with Crippen molar-refractivity contribution in [2.45, 2.75) is 53.4 Å². The van der Waals surface area contributed by atoms with E-state index in [1.807, 2.05) is 0 Å². The Kier molecular flexibility index (Phi) is 4.84. The summed E-state index contributed by atoms with van der Waals surface area (Å²) in [6.45, 7) is 12.2. The first-order chi connectivity index (χ1) is 9.57. The summed E-state index contributed by atoms with van der Waals surface area (Å²) in [6, 6.07) is 0. The van der Waals surface area contributed by atoms with E-state index in [-0.39, 0.29) is 0 Å². The number of anilines is 2. The molecule has 20 heavy (non-hydrogen) atoms. The van der Waals surface area contributed by atoms with Gasteiger partial charge in [0.05, 0.1) is 0 Å². The second-order valence-corrected chi connectivity index (χ2v) is 6.46. The van der Waals surface area contributed by atoms with Gasteiger partial charge in [0, 0.05) is 25.2 Å². The van der Waals surface area contributed by atoms with Crippen molar-refractivity contribution < 1.29 is 0 Å². The maximum atomic E-state index is 4.59. The molecule has 1 saturated heterocycles. The first kappa shape index (κ1) is 15.1. The van der Waals surface area contributed by atoms with Gasteiger partial charge in [0.2, 0.25) is 0 Å². The van der Waals surface area contributed by atoms with Crippen LogP contribution in [0.15, 0.2) is 6.33 Å². The summed E-state index contributed by atoms with van der Waals surface area (Å²) in [5.41, 5.74) is 1.76. The summed E-state index contributed by atoms with van der Waals surface area (Å²) >= 11 is 0. The van der Waals surface area contributed by atoms with E-state index in [9.17, 15) is 0 Å². The highest BCUT2D eigenvalue weighted by molar-refractivity contribution is 5.59. The van der Waals surface area contributed by atoms with Gasteiger partial charge in [-0.1, -0.05) is 27.2 Å². The molecule has 1 aromatic heterocycles. The van der Waals surface area contributed by atoms with Gasteiger partial charge in [0.15, 0.2) is 0 Å². The van der Waals surface area contributed by atoms with E-state index < -0.39 is 0 Å². The van der Waals surface area contributed by atoms with Crippen LogP contribution in [0.25, 0.3) is 0 Å². The molecule has 0 amide bonds. The molecule has 0 unspecified atom stereocenters. The summed E-state index contributed by atoms with van der Waals surface area (Å²) in [4.78, 5) is 11.5. The molecule has 1 aliphatic rings. The Hall–Kier alpha value is -1.32. The van der Waals surface area contributed by atoms with Crippen molar-refractivity contribution in [3.63, 3.8) is 0 Å². The Bertz CT molecular complexity index is 432. The van der Waals surface area contributed by atoms with Gasteiger partial charge in [-0.2, -0.15) is 0 Å². The lowest BCUT2D eigenvalue weighted by Gasteiger charge is -2.38. The normalized spacial score (nSPS) is 18.1. The molecule has 0 atom stereocenters. The van der Waals surface area contributed by atoms with Crippen molar-refractivity contribution in [3.8, 4) is 0 Å². The summed E-state index contributed by atoms with van der Waals surface area (Å²) in [5, 5.41) is 3.38. The van der Waals surface area contributed by atoms with Gasteiger partial charge < -0.3 is 10.2 Å². The number of nitrogens with zero attached hydrogens (tertiary/aromatic N) is 3. The minimum absolute atomic E-state index is 0.471. The van der Waals surface area contributed by atoms with Crippen LogP contribution in [0.3, 0.4) is 0 Å². The van der Waals surface area contributed by atoms with E-state index in [1.54, 1.807) is 6.33 Å². The molecule has 0 aliphatic carbocycles. The Morgan fingerprint density at radius 2 is 1.90 bits per heavy atom. The van der Waals surface area contributed by atoms with E-state index in [2.05, 4.69) is 47.9 Å². The molecule has 4 heteroatoms. The highest BCUT2D eigenvalue weighted by atomic mass is 15.2. The fourth-order valence-electron chi connectivity index (χ4n) is 2.80. The maximum Gasteiger partial charge on any atom is 0.137 e. The molecule has 1 aromatic rings. The Balaban J connectivity index is 2.24. The highest BCUT2D eigenvalue weighted by Crippen LogP contribution is 2.34. The molecule has 1 aliphatic heterocycles. The second kappa shape index (κ2) is 6.42. The molecule has 4 nitrogen and oxygen atoms in total. The van der Waals surface area contributed by atoms with Gasteiger partial charge in [-0.25, -0.2) is 9.97 Å². The topological polar surface area (TPSA) is 41.1 Å². The van der Waals surface area contributed by atoms with Crippen LogP contribution in [0.1, 0.15) is 52.5 Å². The largest absolute Gasteiger partial charge is 0.370 e. The zero-order valence-electron chi connectivity index (χ0n) is 13.4. The third-order valence-electron chi connectivity index (χ3n) is 4.18. The van der Waals surface area contributed by atoms with Crippen molar-refractivity contribution in [2.24, 2.45) is 5.41 Å². The lowest BCUT2D eigenvalue weighted by atomic mass is 9.82. The van der Waals surface area contributed by atoms with Crippen molar-refractivity contribution >= 4 is 11.6 Å². The van der Waals surface area contributed by atoms with Gasteiger partial charge in [-0.15, -0.1) is 0 Å². The number of hydrogen-bond donors (Lipinski definition) is 1. The van der Waals surface area contributed by atoms with Crippen LogP contribution in [0.5, 0.6) is 0 Å². The van der Waals surface area contributed by atoms with Crippen LogP contribution in [-0.4, -0.2) is 29.6 Å².